The summed E-state index contributed by atoms with van der Waals surface area (Å²) in [6, 6.07) is 11.6. The number of nitrogens with zero attached hydrogens (tertiary/aromatic N) is 1. The number of nitrogens with one attached hydrogen (secondary N) is 2. The number of hydrogen-bond donors (Lipinski definition) is 2. The minimum atomic E-state index is -3.58. The number of pyridine rings is 1. The van der Waals surface area contributed by atoms with Crippen molar-refractivity contribution >= 4 is 21.7 Å². The minimum absolute atomic E-state index is 0.0227. The number of carbonyl (C=O) groups excluding carboxylic acids is 1. The maximum atomic E-state index is 12.0. The van der Waals surface area contributed by atoms with E-state index in [0.717, 1.165) is 5.56 Å². The molecular formula is C15H17N3O3S. The van der Waals surface area contributed by atoms with Crippen LogP contribution in [0.15, 0.2) is 53.6 Å². The van der Waals surface area contributed by atoms with Gasteiger partial charge in [0.1, 0.15) is 5.82 Å². The van der Waals surface area contributed by atoms with Crippen molar-refractivity contribution in [1.29, 1.82) is 0 Å². The topological polar surface area (TPSA) is 88.2 Å². The predicted molar refractivity (Wildman–Crippen MR) is 83.9 cm³/mol. The number of benzene rings is 1. The fourth-order valence-electron chi connectivity index (χ4n) is 1.79. The molecule has 0 aliphatic carbocycles. The molecule has 7 heteroatoms. The lowest BCUT2D eigenvalue weighted by atomic mass is 10.3. The lowest BCUT2D eigenvalue weighted by Gasteiger charge is -2.07. The molecule has 2 rings (SSSR count). The van der Waals surface area contributed by atoms with Crippen LogP contribution in [0.5, 0.6) is 0 Å². The second-order valence-electron chi connectivity index (χ2n) is 4.73. The van der Waals surface area contributed by atoms with Crippen LogP contribution in [-0.2, 0) is 14.8 Å². The SMILES string of the molecule is Cc1ccnc(NC(=O)CCNS(=O)(=O)c2ccccc2)c1. The first-order valence-electron chi connectivity index (χ1n) is 6.74. The summed E-state index contributed by atoms with van der Waals surface area (Å²) in [6.07, 6.45) is 1.63. The molecule has 22 heavy (non-hydrogen) atoms. The number of amides is 1. The highest BCUT2D eigenvalue weighted by atomic mass is 32.2. The van der Waals surface area contributed by atoms with Gasteiger partial charge in [0.05, 0.1) is 4.90 Å². The Kier molecular flexibility index (Phi) is 5.24. The van der Waals surface area contributed by atoms with Gasteiger partial charge >= 0.3 is 0 Å². The molecule has 6 nitrogen and oxygen atoms in total. The minimum Gasteiger partial charge on any atom is -0.311 e. The van der Waals surface area contributed by atoms with Crippen LogP contribution in [0.1, 0.15) is 12.0 Å². The van der Waals surface area contributed by atoms with Gasteiger partial charge in [-0.1, -0.05) is 18.2 Å². The predicted octanol–water partition coefficient (Wildman–Crippen LogP) is 1.70. The van der Waals surface area contributed by atoms with Crippen molar-refractivity contribution in [2.24, 2.45) is 0 Å². The summed E-state index contributed by atoms with van der Waals surface area (Å²) < 4.78 is 26.3. The standard InChI is InChI=1S/C15H17N3O3S/c1-12-7-9-16-14(11-12)18-15(19)8-10-17-22(20,21)13-5-3-2-4-6-13/h2-7,9,11,17H,8,10H2,1H3,(H,16,18,19). The first kappa shape index (κ1) is 16.1. The number of hydrogen-bond acceptors (Lipinski definition) is 4. The molecule has 0 spiro atoms. The van der Waals surface area contributed by atoms with Crippen LogP contribution < -0.4 is 10.0 Å². The van der Waals surface area contributed by atoms with Crippen LogP contribution >= 0.6 is 0 Å². The van der Waals surface area contributed by atoms with E-state index in [9.17, 15) is 13.2 Å². The first-order chi connectivity index (χ1) is 10.5. The van der Waals surface area contributed by atoms with Gasteiger partial charge in [0.25, 0.3) is 0 Å². The van der Waals surface area contributed by atoms with E-state index in [1.54, 1.807) is 30.5 Å². The third-order valence-corrected chi connectivity index (χ3v) is 4.36. The molecule has 0 radical (unpaired) electrons. The Morgan fingerprint density at radius 3 is 2.59 bits per heavy atom. The molecule has 1 aromatic heterocycles. The number of aryl methyl sites for hydroxylation is 1. The molecule has 2 aromatic rings. The number of anilines is 1. The second-order valence-corrected chi connectivity index (χ2v) is 6.49. The van der Waals surface area contributed by atoms with E-state index in [4.69, 9.17) is 0 Å². The Balaban J connectivity index is 1.85. The van der Waals surface area contributed by atoms with Crippen molar-refractivity contribution in [2.45, 2.75) is 18.2 Å². The molecule has 0 aliphatic heterocycles. The van der Waals surface area contributed by atoms with Gasteiger partial charge in [0, 0.05) is 19.2 Å². The lowest BCUT2D eigenvalue weighted by molar-refractivity contribution is -0.116. The Labute approximate surface area is 129 Å². The van der Waals surface area contributed by atoms with E-state index >= 15 is 0 Å². The normalized spacial score (nSPS) is 11.1. The zero-order chi connectivity index (χ0) is 16.0. The summed E-state index contributed by atoms with van der Waals surface area (Å²) in [7, 11) is -3.58. The van der Waals surface area contributed by atoms with Crippen LogP contribution in [0.25, 0.3) is 0 Å². The van der Waals surface area contributed by atoms with Gasteiger partial charge in [0.2, 0.25) is 15.9 Å². The number of rotatable bonds is 6. The molecule has 0 unspecified atom stereocenters. The van der Waals surface area contributed by atoms with Crippen LogP contribution in [0.4, 0.5) is 5.82 Å². The molecule has 0 aliphatic rings. The average Bonchev–Trinajstić information content (AvgIpc) is 2.48. The van der Waals surface area contributed by atoms with E-state index in [2.05, 4.69) is 15.0 Å². The second kappa shape index (κ2) is 7.15. The van der Waals surface area contributed by atoms with Gasteiger partial charge in [-0.3, -0.25) is 4.79 Å². The van der Waals surface area contributed by atoms with E-state index < -0.39 is 10.0 Å². The molecule has 116 valence electrons. The Hall–Kier alpha value is -2.25. The van der Waals surface area contributed by atoms with Gasteiger partial charge in [-0.2, -0.15) is 0 Å². The third-order valence-electron chi connectivity index (χ3n) is 2.88. The first-order valence-corrected chi connectivity index (χ1v) is 8.23. The smallest absolute Gasteiger partial charge is 0.240 e. The van der Waals surface area contributed by atoms with Crippen LogP contribution in [-0.4, -0.2) is 25.9 Å². The molecule has 1 amide bonds. The van der Waals surface area contributed by atoms with Crippen LogP contribution in [0.2, 0.25) is 0 Å². The van der Waals surface area contributed by atoms with Gasteiger partial charge in [-0.25, -0.2) is 18.1 Å². The van der Waals surface area contributed by atoms with Crippen molar-refractivity contribution in [3.8, 4) is 0 Å². The van der Waals surface area contributed by atoms with Crippen molar-refractivity contribution in [3.63, 3.8) is 0 Å². The van der Waals surface area contributed by atoms with E-state index in [0.29, 0.717) is 5.82 Å². The Morgan fingerprint density at radius 2 is 1.91 bits per heavy atom. The zero-order valence-corrected chi connectivity index (χ0v) is 12.9. The third kappa shape index (κ3) is 4.64. The summed E-state index contributed by atoms with van der Waals surface area (Å²) in [6.45, 7) is 1.92. The maximum Gasteiger partial charge on any atom is 0.240 e. The fourth-order valence-corrected chi connectivity index (χ4v) is 2.84. The summed E-state index contributed by atoms with van der Waals surface area (Å²) in [5.74, 6) is 0.157. The largest absolute Gasteiger partial charge is 0.311 e. The highest BCUT2D eigenvalue weighted by Gasteiger charge is 2.13. The van der Waals surface area contributed by atoms with E-state index in [-0.39, 0.29) is 23.8 Å². The van der Waals surface area contributed by atoms with Crippen LogP contribution in [0.3, 0.4) is 0 Å². The zero-order valence-electron chi connectivity index (χ0n) is 12.1. The van der Waals surface area contributed by atoms with E-state index in [1.807, 2.05) is 13.0 Å². The fraction of sp³-hybridized carbons (Fsp3) is 0.200. The molecular weight excluding hydrogens is 302 g/mol. The highest BCUT2D eigenvalue weighted by molar-refractivity contribution is 7.89. The molecule has 2 N–H and O–H groups in total. The molecule has 0 saturated carbocycles. The molecule has 0 saturated heterocycles. The van der Waals surface area contributed by atoms with Crippen molar-refractivity contribution in [3.05, 3.63) is 54.2 Å². The number of aromatic nitrogens is 1. The number of sulfonamides is 1. The molecule has 0 atom stereocenters. The van der Waals surface area contributed by atoms with Crippen molar-refractivity contribution < 1.29 is 13.2 Å². The lowest BCUT2D eigenvalue weighted by Crippen LogP contribution is -2.27. The average molecular weight is 319 g/mol. The van der Waals surface area contributed by atoms with Gasteiger partial charge < -0.3 is 5.32 Å². The van der Waals surface area contributed by atoms with Gasteiger partial charge in [-0.15, -0.1) is 0 Å². The van der Waals surface area contributed by atoms with Gasteiger partial charge in [-0.05, 0) is 36.8 Å². The molecule has 0 bridgehead atoms. The highest BCUT2D eigenvalue weighted by Crippen LogP contribution is 2.08. The van der Waals surface area contributed by atoms with Gasteiger partial charge in [0.15, 0.2) is 0 Å². The summed E-state index contributed by atoms with van der Waals surface area (Å²) in [5, 5.41) is 2.62. The van der Waals surface area contributed by atoms with E-state index in [1.165, 1.54) is 12.1 Å². The Morgan fingerprint density at radius 1 is 1.18 bits per heavy atom. The Bertz CT molecular complexity index is 746. The van der Waals surface area contributed by atoms with Crippen molar-refractivity contribution in [2.75, 3.05) is 11.9 Å². The molecule has 1 heterocycles. The summed E-state index contributed by atoms with van der Waals surface area (Å²) >= 11 is 0. The summed E-state index contributed by atoms with van der Waals surface area (Å²) in [4.78, 5) is 16.0. The van der Waals surface area contributed by atoms with Crippen molar-refractivity contribution in [1.82, 2.24) is 9.71 Å². The summed E-state index contributed by atoms with van der Waals surface area (Å²) in [5.41, 5.74) is 0.982. The quantitative estimate of drug-likeness (QED) is 0.848. The monoisotopic (exact) mass is 319 g/mol. The maximum absolute atomic E-state index is 12.0. The number of carbonyl (C=O) groups is 1. The molecule has 0 fully saturated rings. The molecule has 1 aromatic carbocycles. The van der Waals surface area contributed by atoms with Crippen LogP contribution in [0, 0.1) is 6.92 Å².